The first-order valence-corrected chi connectivity index (χ1v) is 13.9. The SMILES string of the molecule is COc1cc(C=O)cc2c1OC1C2C(C(=O)NCCO)=CC(N(Cc2ccc(Cl)c(Cl)c2)C(=O)C2CCC2)C1O. The number of aldehydes is 1. The maximum Gasteiger partial charge on any atom is 0.247 e. The fourth-order valence-corrected chi connectivity index (χ4v) is 5.93. The van der Waals surface area contributed by atoms with Gasteiger partial charge in [-0.3, -0.25) is 14.4 Å². The molecule has 40 heavy (non-hydrogen) atoms. The van der Waals surface area contributed by atoms with Crippen LogP contribution in [-0.4, -0.2) is 71.7 Å². The minimum absolute atomic E-state index is 0.0141. The zero-order valence-corrected chi connectivity index (χ0v) is 23.3. The Morgan fingerprint density at radius 2 is 1.98 bits per heavy atom. The summed E-state index contributed by atoms with van der Waals surface area (Å²) < 4.78 is 11.7. The number of hydrogen-bond acceptors (Lipinski definition) is 7. The quantitative estimate of drug-likeness (QED) is 0.384. The van der Waals surface area contributed by atoms with Gasteiger partial charge in [0.05, 0.1) is 35.7 Å². The standard InChI is InChI=1S/C29H30Cl2N2O7/c1-39-23-11-16(14-35)9-18-24-19(28(37)32-7-8-34)12-22(25(36)27(24)40-26(18)23)33(29(38)17-3-2-4-17)13-15-5-6-20(30)21(31)10-15/h5-6,9-12,14,17,22,24-25,27,34,36H,2-4,7-8,13H2,1H3,(H,32,37). The Labute approximate surface area is 241 Å². The van der Waals surface area contributed by atoms with Gasteiger partial charge in [0.2, 0.25) is 11.8 Å². The van der Waals surface area contributed by atoms with E-state index in [4.69, 9.17) is 32.7 Å². The molecule has 1 aliphatic heterocycles. The molecular formula is C29H30Cl2N2O7. The lowest BCUT2D eigenvalue weighted by atomic mass is 9.76. The van der Waals surface area contributed by atoms with E-state index >= 15 is 0 Å². The van der Waals surface area contributed by atoms with Gasteiger partial charge in [-0.25, -0.2) is 0 Å². The Morgan fingerprint density at radius 3 is 2.60 bits per heavy atom. The van der Waals surface area contributed by atoms with Gasteiger partial charge < -0.3 is 29.9 Å². The van der Waals surface area contributed by atoms with Crippen molar-refractivity contribution >= 4 is 41.3 Å². The Morgan fingerprint density at radius 1 is 1.20 bits per heavy atom. The lowest BCUT2D eigenvalue weighted by Crippen LogP contribution is -2.56. The second-order valence-electron chi connectivity index (χ2n) is 10.2. The molecule has 0 spiro atoms. The van der Waals surface area contributed by atoms with E-state index in [1.165, 1.54) is 13.2 Å². The number of carbonyl (C=O) groups excluding carboxylic acids is 3. The molecule has 212 valence electrons. The zero-order valence-electron chi connectivity index (χ0n) is 21.8. The first-order chi connectivity index (χ1) is 19.3. The summed E-state index contributed by atoms with van der Waals surface area (Å²) in [5.41, 5.74) is 1.82. The van der Waals surface area contributed by atoms with Crippen molar-refractivity contribution in [2.45, 2.75) is 50.0 Å². The van der Waals surface area contributed by atoms with Crippen LogP contribution >= 0.6 is 23.2 Å². The number of nitrogens with one attached hydrogen (secondary N) is 1. The highest BCUT2D eigenvalue weighted by Gasteiger charge is 2.52. The van der Waals surface area contributed by atoms with Crippen LogP contribution in [0.15, 0.2) is 42.0 Å². The summed E-state index contributed by atoms with van der Waals surface area (Å²) in [7, 11) is 1.44. The van der Waals surface area contributed by atoms with Gasteiger partial charge >= 0.3 is 0 Å². The predicted octanol–water partition coefficient (Wildman–Crippen LogP) is 3.27. The maximum atomic E-state index is 13.8. The number of fused-ring (bicyclic) bond motifs is 3. The molecule has 4 atom stereocenters. The number of methoxy groups -OCH3 is 1. The Bertz CT molecular complexity index is 1360. The number of ether oxygens (including phenoxy) is 2. The average molecular weight is 589 g/mol. The highest BCUT2D eigenvalue weighted by atomic mass is 35.5. The van der Waals surface area contributed by atoms with Crippen molar-refractivity contribution in [3.05, 3.63) is 68.7 Å². The minimum atomic E-state index is -1.22. The van der Waals surface area contributed by atoms with E-state index < -0.39 is 30.1 Å². The van der Waals surface area contributed by atoms with Crippen LogP contribution in [-0.2, 0) is 16.1 Å². The number of carbonyl (C=O) groups is 3. The van der Waals surface area contributed by atoms with Crippen LogP contribution < -0.4 is 14.8 Å². The van der Waals surface area contributed by atoms with Crippen LogP contribution in [0.2, 0.25) is 10.0 Å². The number of aliphatic hydroxyl groups is 2. The summed E-state index contributed by atoms with van der Waals surface area (Å²) in [5, 5.41) is 24.5. The van der Waals surface area contributed by atoms with E-state index in [0.717, 1.165) is 19.3 Å². The van der Waals surface area contributed by atoms with E-state index in [1.807, 2.05) is 0 Å². The first-order valence-electron chi connectivity index (χ1n) is 13.1. The van der Waals surface area contributed by atoms with E-state index in [1.54, 1.807) is 35.2 Å². The fourth-order valence-electron chi connectivity index (χ4n) is 5.61. The molecule has 1 fully saturated rings. The summed E-state index contributed by atoms with van der Waals surface area (Å²) in [4.78, 5) is 40.4. The number of aliphatic hydroxyl groups excluding tert-OH is 2. The average Bonchev–Trinajstić information content (AvgIpc) is 3.31. The molecule has 1 saturated carbocycles. The predicted molar refractivity (Wildman–Crippen MR) is 148 cm³/mol. The van der Waals surface area contributed by atoms with E-state index in [-0.39, 0.29) is 37.1 Å². The molecule has 4 unspecified atom stereocenters. The normalized spacial score (nSPS) is 23.2. The van der Waals surface area contributed by atoms with E-state index in [0.29, 0.717) is 44.5 Å². The van der Waals surface area contributed by atoms with E-state index in [2.05, 4.69) is 5.32 Å². The molecule has 3 N–H and O–H groups in total. The number of rotatable bonds is 9. The van der Waals surface area contributed by atoms with Gasteiger partial charge in [-0.1, -0.05) is 35.7 Å². The number of benzene rings is 2. The Kier molecular flexibility index (Phi) is 8.37. The van der Waals surface area contributed by atoms with Crippen molar-refractivity contribution in [1.29, 1.82) is 0 Å². The van der Waals surface area contributed by atoms with Gasteiger partial charge in [0, 0.05) is 35.7 Å². The molecule has 2 aliphatic carbocycles. The number of nitrogens with zero attached hydrogens (tertiary/aromatic N) is 1. The topological polar surface area (TPSA) is 125 Å². The van der Waals surface area contributed by atoms with Crippen LogP contribution in [0.25, 0.3) is 0 Å². The fraction of sp³-hybridized carbons (Fsp3) is 0.414. The van der Waals surface area contributed by atoms with Gasteiger partial charge in [0.1, 0.15) is 18.5 Å². The van der Waals surface area contributed by atoms with Gasteiger partial charge in [0.15, 0.2) is 11.5 Å². The van der Waals surface area contributed by atoms with Crippen molar-refractivity contribution in [1.82, 2.24) is 10.2 Å². The largest absolute Gasteiger partial charge is 0.493 e. The number of hydrogen-bond donors (Lipinski definition) is 3. The highest BCUT2D eigenvalue weighted by molar-refractivity contribution is 6.42. The summed E-state index contributed by atoms with van der Waals surface area (Å²) in [6.07, 6.45) is 2.54. The van der Waals surface area contributed by atoms with Crippen molar-refractivity contribution < 1.29 is 34.1 Å². The third-order valence-corrected chi connectivity index (χ3v) is 8.58. The van der Waals surface area contributed by atoms with Gasteiger partial charge in [0.25, 0.3) is 0 Å². The number of halogens is 2. The van der Waals surface area contributed by atoms with Gasteiger partial charge in [-0.2, -0.15) is 0 Å². The van der Waals surface area contributed by atoms with Gasteiger partial charge in [-0.15, -0.1) is 0 Å². The zero-order chi connectivity index (χ0) is 28.6. The molecule has 9 nitrogen and oxygen atoms in total. The van der Waals surface area contributed by atoms with Crippen molar-refractivity contribution in [2.75, 3.05) is 20.3 Å². The second-order valence-corrected chi connectivity index (χ2v) is 11.1. The third-order valence-electron chi connectivity index (χ3n) is 7.85. The molecule has 2 aromatic rings. The summed E-state index contributed by atoms with van der Waals surface area (Å²) >= 11 is 12.4. The lowest BCUT2D eigenvalue weighted by Gasteiger charge is -2.42. The summed E-state index contributed by atoms with van der Waals surface area (Å²) in [5.74, 6) is -0.916. The molecule has 0 saturated heterocycles. The minimum Gasteiger partial charge on any atom is -0.493 e. The van der Waals surface area contributed by atoms with Crippen molar-refractivity contribution in [2.24, 2.45) is 5.92 Å². The number of amides is 2. The summed E-state index contributed by atoms with van der Waals surface area (Å²) in [6, 6.07) is 7.32. The molecule has 2 aromatic carbocycles. The van der Waals surface area contributed by atoms with Gasteiger partial charge in [-0.05, 0) is 48.7 Å². The van der Waals surface area contributed by atoms with Crippen LogP contribution in [0.4, 0.5) is 0 Å². The van der Waals surface area contributed by atoms with Crippen LogP contribution in [0.1, 0.15) is 46.7 Å². The molecule has 1 heterocycles. The van der Waals surface area contributed by atoms with E-state index in [9.17, 15) is 24.6 Å². The Hall–Kier alpha value is -3.11. The molecule has 3 aliphatic rings. The molecule has 0 bridgehead atoms. The molecule has 5 rings (SSSR count). The molecule has 0 radical (unpaired) electrons. The van der Waals surface area contributed by atoms with Crippen LogP contribution in [0, 0.1) is 5.92 Å². The Balaban J connectivity index is 1.60. The summed E-state index contributed by atoms with van der Waals surface area (Å²) in [6.45, 7) is -0.127. The second kappa shape index (κ2) is 11.8. The highest BCUT2D eigenvalue weighted by Crippen LogP contribution is 2.51. The smallest absolute Gasteiger partial charge is 0.247 e. The first kappa shape index (κ1) is 28.4. The van der Waals surface area contributed by atoms with Crippen molar-refractivity contribution in [3.63, 3.8) is 0 Å². The molecular weight excluding hydrogens is 559 g/mol. The monoisotopic (exact) mass is 588 g/mol. The molecule has 0 aromatic heterocycles. The molecule has 11 heteroatoms. The molecule has 2 amide bonds. The van der Waals surface area contributed by atoms with Crippen LogP contribution in [0.3, 0.4) is 0 Å². The van der Waals surface area contributed by atoms with Crippen molar-refractivity contribution in [3.8, 4) is 11.5 Å². The third kappa shape index (κ3) is 5.19. The van der Waals surface area contributed by atoms with Crippen LogP contribution in [0.5, 0.6) is 11.5 Å². The lowest BCUT2D eigenvalue weighted by molar-refractivity contribution is -0.145. The maximum absolute atomic E-state index is 13.8.